The molecule has 4 aromatic carbocycles. The summed E-state index contributed by atoms with van der Waals surface area (Å²) in [5.41, 5.74) is 4.48. The summed E-state index contributed by atoms with van der Waals surface area (Å²) >= 11 is 0. The van der Waals surface area contributed by atoms with Crippen molar-refractivity contribution in [2.24, 2.45) is 0 Å². The highest BCUT2D eigenvalue weighted by Crippen LogP contribution is 2.25. The van der Waals surface area contributed by atoms with E-state index in [0.717, 1.165) is 40.3 Å². The molecule has 0 bridgehead atoms. The van der Waals surface area contributed by atoms with Gasteiger partial charge in [-0.3, -0.25) is 4.79 Å². The molecule has 1 amide bonds. The van der Waals surface area contributed by atoms with Crippen LogP contribution >= 0.6 is 0 Å². The normalized spacial score (nSPS) is 10.8. The van der Waals surface area contributed by atoms with Gasteiger partial charge in [0.25, 0.3) is 5.91 Å². The first kappa shape index (κ1) is 24.1. The van der Waals surface area contributed by atoms with Crippen molar-refractivity contribution in [2.45, 2.75) is 19.6 Å². The first-order valence-electron chi connectivity index (χ1n) is 12.3. The van der Waals surface area contributed by atoms with Gasteiger partial charge in [0.2, 0.25) is 0 Å². The predicted molar refractivity (Wildman–Crippen MR) is 145 cm³/mol. The third kappa shape index (κ3) is 5.81. The van der Waals surface area contributed by atoms with Gasteiger partial charge in [-0.25, -0.2) is 4.98 Å². The van der Waals surface area contributed by atoms with E-state index < -0.39 is 0 Å². The van der Waals surface area contributed by atoms with Gasteiger partial charge < -0.3 is 19.4 Å². The molecule has 0 atom stereocenters. The Hall–Kier alpha value is -4.58. The number of fused-ring (bicyclic) bond motifs is 1. The van der Waals surface area contributed by atoms with Crippen molar-refractivity contribution < 1.29 is 14.3 Å². The average molecular weight is 492 g/mol. The third-order valence-corrected chi connectivity index (χ3v) is 6.26. The largest absolute Gasteiger partial charge is 0.496 e. The fraction of sp³-hybridized carbons (Fsp3) is 0.161. The van der Waals surface area contributed by atoms with Gasteiger partial charge in [-0.1, -0.05) is 66.7 Å². The van der Waals surface area contributed by atoms with Crippen molar-refractivity contribution in [3.63, 3.8) is 0 Å². The van der Waals surface area contributed by atoms with E-state index in [2.05, 4.69) is 22.0 Å². The number of methoxy groups -OCH3 is 1. The number of amides is 1. The number of hydrogen-bond acceptors (Lipinski definition) is 4. The molecule has 0 aliphatic heterocycles. The van der Waals surface area contributed by atoms with Crippen LogP contribution in [0.3, 0.4) is 0 Å². The van der Waals surface area contributed by atoms with Crippen molar-refractivity contribution >= 4 is 16.9 Å². The lowest BCUT2D eigenvalue weighted by atomic mass is 10.1. The lowest BCUT2D eigenvalue weighted by Crippen LogP contribution is -2.25. The van der Waals surface area contributed by atoms with Crippen molar-refractivity contribution in [1.82, 2.24) is 14.9 Å². The van der Waals surface area contributed by atoms with Gasteiger partial charge in [-0.15, -0.1) is 0 Å². The Kier molecular flexibility index (Phi) is 7.46. The monoisotopic (exact) mass is 491 g/mol. The van der Waals surface area contributed by atoms with E-state index >= 15 is 0 Å². The Morgan fingerprint density at radius 1 is 0.892 bits per heavy atom. The van der Waals surface area contributed by atoms with Gasteiger partial charge in [0.15, 0.2) is 0 Å². The van der Waals surface area contributed by atoms with Crippen molar-refractivity contribution in [1.29, 1.82) is 0 Å². The maximum atomic E-state index is 12.9. The molecule has 5 rings (SSSR count). The topological polar surface area (TPSA) is 65.4 Å². The minimum absolute atomic E-state index is 0.112. The molecular formula is C31H29N3O3. The molecule has 0 aliphatic carbocycles. The lowest BCUT2D eigenvalue weighted by Gasteiger charge is -2.13. The number of imidazole rings is 1. The number of para-hydroxylation sites is 2. The molecule has 5 aromatic rings. The van der Waals surface area contributed by atoms with Gasteiger partial charge in [0, 0.05) is 17.7 Å². The number of ether oxygens (including phenoxy) is 2. The summed E-state index contributed by atoms with van der Waals surface area (Å²) in [5.74, 6) is 2.25. The molecule has 1 heterocycles. The minimum atomic E-state index is -0.112. The van der Waals surface area contributed by atoms with Crippen LogP contribution in [0.4, 0.5) is 0 Å². The van der Waals surface area contributed by atoms with Crippen LogP contribution in [0.25, 0.3) is 11.0 Å². The maximum Gasteiger partial charge on any atom is 0.251 e. The Balaban J connectivity index is 1.40. The summed E-state index contributed by atoms with van der Waals surface area (Å²) in [6.45, 7) is 1.43. The molecule has 0 radical (unpaired) electrons. The first-order chi connectivity index (χ1) is 18.2. The summed E-state index contributed by atoms with van der Waals surface area (Å²) in [6, 6.07) is 33.4. The standard InChI is InChI=1S/C31H29N3O3/c1-36-29-15-9-8-12-25(29)21-34-28-17-16-24(31(35)32-19-18-23-10-4-2-5-11-23)20-27(28)33-30(34)22-37-26-13-6-3-7-14-26/h2-17,20H,18-19,21-22H2,1H3,(H,32,35). The fourth-order valence-electron chi connectivity index (χ4n) is 4.34. The highest BCUT2D eigenvalue weighted by atomic mass is 16.5. The van der Waals surface area contributed by atoms with E-state index in [1.807, 2.05) is 91.0 Å². The van der Waals surface area contributed by atoms with E-state index in [4.69, 9.17) is 14.5 Å². The highest BCUT2D eigenvalue weighted by Gasteiger charge is 2.16. The van der Waals surface area contributed by atoms with Crippen LogP contribution < -0.4 is 14.8 Å². The molecular weight excluding hydrogens is 462 g/mol. The molecule has 0 saturated heterocycles. The van der Waals surface area contributed by atoms with Crippen LogP contribution in [0.1, 0.15) is 27.3 Å². The van der Waals surface area contributed by atoms with Crippen LogP contribution in [0.5, 0.6) is 11.5 Å². The van der Waals surface area contributed by atoms with Gasteiger partial charge in [0.1, 0.15) is 23.9 Å². The van der Waals surface area contributed by atoms with E-state index in [9.17, 15) is 4.79 Å². The number of rotatable bonds is 10. The molecule has 0 aliphatic rings. The molecule has 0 spiro atoms. The molecule has 37 heavy (non-hydrogen) atoms. The maximum absolute atomic E-state index is 12.9. The number of carbonyl (C=O) groups is 1. The molecule has 6 heteroatoms. The summed E-state index contributed by atoms with van der Waals surface area (Å²) in [4.78, 5) is 17.7. The Labute approximate surface area is 216 Å². The van der Waals surface area contributed by atoms with Crippen LogP contribution in [0.15, 0.2) is 103 Å². The number of nitrogens with one attached hydrogen (secondary N) is 1. The Bertz CT molecular complexity index is 1480. The molecule has 1 aromatic heterocycles. The quantitative estimate of drug-likeness (QED) is 0.274. The zero-order valence-electron chi connectivity index (χ0n) is 20.8. The van der Waals surface area contributed by atoms with Crippen LogP contribution in [-0.4, -0.2) is 29.1 Å². The number of hydrogen-bond donors (Lipinski definition) is 1. The van der Waals surface area contributed by atoms with Crippen LogP contribution in [-0.2, 0) is 19.6 Å². The summed E-state index contributed by atoms with van der Waals surface area (Å²) in [6.07, 6.45) is 0.781. The molecule has 0 unspecified atom stereocenters. The molecule has 1 N–H and O–H groups in total. The second kappa shape index (κ2) is 11.4. The van der Waals surface area contributed by atoms with Crippen molar-refractivity contribution in [2.75, 3.05) is 13.7 Å². The van der Waals surface area contributed by atoms with Crippen molar-refractivity contribution in [3.05, 3.63) is 126 Å². The molecule has 0 fully saturated rings. The van der Waals surface area contributed by atoms with E-state index in [0.29, 0.717) is 25.3 Å². The van der Waals surface area contributed by atoms with E-state index in [1.54, 1.807) is 7.11 Å². The third-order valence-electron chi connectivity index (χ3n) is 6.26. The minimum Gasteiger partial charge on any atom is -0.496 e. The average Bonchev–Trinajstić information content (AvgIpc) is 3.29. The summed E-state index contributed by atoms with van der Waals surface area (Å²) in [5, 5.41) is 3.02. The molecule has 6 nitrogen and oxygen atoms in total. The van der Waals surface area contributed by atoms with E-state index in [-0.39, 0.29) is 5.91 Å². The smallest absolute Gasteiger partial charge is 0.251 e. The number of aromatic nitrogens is 2. The Morgan fingerprint density at radius 3 is 2.41 bits per heavy atom. The number of benzene rings is 4. The second-order valence-electron chi connectivity index (χ2n) is 8.72. The van der Waals surface area contributed by atoms with Crippen LogP contribution in [0, 0.1) is 0 Å². The lowest BCUT2D eigenvalue weighted by molar-refractivity contribution is 0.0954. The summed E-state index contributed by atoms with van der Waals surface area (Å²) < 4.78 is 13.7. The van der Waals surface area contributed by atoms with Gasteiger partial charge in [-0.2, -0.15) is 0 Å². The molecule has 186 valence electrons. The zero-order valence-corrected chi connectivity index (χ0v) is 20.8. The van der Waals surface area contributed by atoms with Crippen LogP contribution in [0.2, 0.25) is 0 Å². The van der Waals surface area contributed by atoms with Gasteiger partial charge in [0.05, 0.1) is 24.7 Å². The number of nitrogens with zero attached hydrogens (tertiary/aromatic N) is 2. The number of carbonyl (C=O) groups excluding carboxylic acids is 1. The van der Waals surface area contributed by atoms with Crippen molar-refractivity contribution in [3.8, 4) is 11.5 Å². The molecule has 0 saturated carbocycles. The van der Waals surface area contributed by atoms with Gasteiger partial charge >= 0.3 is 0 Å². The van der Waals surface area contributed by atoms with Gasteiger partial charge in [-0.05, 0) is 48.4 Å². The fourth-order valence-corrected chi connectivity index (χ4v) is 4.34. The first-order valence-corrected chi connectivity index (χ1v) is 12.3. The highest BCUT2D eigenvalue weighted by molar-refractivity contribution is 5.97. The Morgan fingerprint density at radius 2 is 1.62 bits per heavy atom. The van der Waals surface area contributed by atoms with E-state index in [1.165, 1.54) is 5.56 Å². The SMILES string of the molecule is COc1ccccc1Cn1c(COc2ccccc2)nc2cc(C(=O)NCCc3ccccc3)ccc21. The predicted octanol–water partition coefficient (Wildman–Crippen LogP) is 5.64. The summed E-state index contributed by atoms with van der Waals surface area (Å²) in [7, 11) is 1.67. The zero-order chi connectivity index (χ0) is 25.5. The second-order valence-corrected chi connectivity index (χ2v) is 8.72.